The highest BCUT2D eigenvalue weighted by atomic mass is 32.2. The summed E-state index contributed by atoms with van der Waals surface area (Å²) in [5.41, 5.74) is 0.279. The topological polar surface area (TPSA) is 103 Å². The summed E-state index contributed by atoms with van der Waals surface area (Å²) in [4.78, 5) is 28.6. The summed E-state index contributed by atoms with van der Waals surface area (Å²) in [5.74, 6) is -6.88. The standard InChI is InChI=1S/C33H28F4N6O3S/c1-41(47-28-15-32(28,34)35)18-25-19-42(24-11-9-23(10-12-24)33(36,37)22-6-4-3-5-7-22)31(45)29-26(17-39-43(25)29)40-30(44)20-8-13-27(46-2)21(14-20)16-38/h3-14,17,25,28H,15,18-19H2,1-2H3,(H,40,44). The highest BCUT2D eigenvalue weighted by Gasteiger charge is 2.58. The maximum atomic E-state index is 15.2. The highest BCUT2D eigenvalue weighted by molar-refractivity contribution is 7.98. The van der Waals surface area contributed by atoms with Crippen LogP contribution in [0.3, 0.4) is 0 Å². The van der Waals surface area contributed by atoms with E-state index >= 15 is 8.78 Å². The average molecular weight is 665 g/mol. The number of hydrogen-bond donors (Lipinski definition) is 1. The fraction of sp³-hybridized carbons (Fsp3) is 0.273. The van der Waals surface area contributed by atoms with Gasteiger partial charge in [-0.2, -0.15) is 19.1 Å². The molecule has 14 heteroatoms. The van der Waals surface area contributed by atoms with Gasteiger partial charge in [0.2, 0.25) is 0 Å². The van der Waals surface area contributed by atoms with Gasteiger partial charge in [-0.05, 0) is 37.4 Å². The zero-order chi connectivity index (χ0) is 33.5. The summed E-state index contributed by atoms with van der Waals surface area (Å²) < 4.78 is 66.1. The summed E-state index contributed by atoms with van der Waals surface area (Å²) >= 11 is 1.01. The Balaban J connectivity index is 1.30. The zero-order valence-electron chi connectivity index (χ0n) is 25.2. The van der Waals surface area contributed by atoms with Crippen molar-refractivity contribution in [3.8, 4) is 11.8 Å². The zero-order valence-corrected chi connectivity index (χ0v) is 26.0. The van der Waals surface area contributed by atoms with Gasteiger partial charge in [-0.1, -0.05) is 54.4 Å². The van der Waals surface area contributed by atoms with Crippen molar-refractivity contribution < 1.29 is 31.9 Å². The molecule has 2 unspecified atom stereocenters. The van der Waals surface area contributed by atoms with Crippen LogP contribution in [0, 0.1) is 11.3 Å². The molecule has 1 saturated carbocycles. The quantitative estimate of drug-likeness (QED) is 0.156. The number of fused-ring (bicyclic) bond motifs is 1. The van der Waals surface area contributed by atoms with Crippen LogP contribution in [0.1, 0.15) is 50.0 Å². The summed E-state index contributed by atoms with van der Waals surface area (Å²) in [6, 6.07) is 18.5. The Bertz CT molecular complexity index is 1860. The molecule has 2 atom stereocenters. The lowest BCUT2D eigenvalue weighted by Gasteiger charge is -2.35. The lowest BCUT2D eigenvalue weighted by molar-refractivity contribution is 0.0428. The molecule has 2 aliphatic rings. The number of amides is 2. The van der Waals surface area contributed by atoms with Crippen molar-refractivity contribution in [1.82, 2.24) is 14.1 Å². The third-order valence-corrected chi connectivity index (χ3v) is 9.31. The van der Waals surface area contributed by atoms with Gasteiger partial charge < -0.3 is 15.0 Å². The molecule has 9 nitrogen and oxygen atoms in total. The molecule has 242 valence electrons. The molecule has 1 aliphatic heterocycles. The second-order valence-electron chi connectivity index (χ2n) is 11.3. The SMILES string of the molecule is COc1ccc(C(=O)Nc2cnn3c2C(=O)N(c2ccc(C(F)(F)c4ccccc4)cc2)CC3CN(C)SC2CC2(F)F)cc1C#N. The van der Waals surface area contributed by atoms with Crippen LogP contribution in [0.5, 0.6) is 5.75 Å². The Kier molecular flexibility index (Phi) is 8.46. The number of likely N-dealkylation sites (N-methyl/N-ethyl adjacent to an activating group) is 1. The highest BCUT2D eigenvalue weighted by Crippen LogP contribution is 2.51. The normalized spacial score (nSPS) is 18.4. The molecule has 2 amide bonds. The fourth-order valence-corrected chi connectivity index (χ4v) is 6.60. The van der Waals surface area contributed by atoms with Crippen molar-refractivity contribution in [2.75, 3.05) is 37.5 Å². The summed E-state index contributed by atoms with van der Waals surface area (Å²) in [7, 11) is 3.07. The maximum absolute atomic E-state index is 15.2. The third-order valence-electron chi connectivity index (χ3n) is 8.03. The molecule has 0 radical (unpaired) electrons. The Morgan fingerprint density at radius 2 is 1.83 bits per heavy atom. The van der Waals surface area contributed by atoms with E-state index in [1.807, 2.05) is 6.07 Å². The number of alkyl halides is 4. The van der Waals surface area contributed by atoms with Crippen LogP contribution >= 0.6 is 11.9 Å². The molecule has 47 heavy (non-hydrogen) atoms. The lowest BCUT2D eigenvalue weighted by Crippen LogP contribution is -2.46. The number of nitrogens with one attached hydrogen (secondary N) is 1. The van der Waals surface area contributed by atoms with Gasteiger partial charge in [0.05, 0.1) is 42.4 Å². The second kappa shape index (κ2) is 12.4. The van der Waals surface area contributed by atoms with Crippen LogP contribution in [-0.2, 0) is 5.92 Å². The first-order chi connectivity index (χ1) is 22.4. The van der Waals surface area contributed by atoms with Crippen molar-refractivity contribution in [3.05, 3.63) is 107 Å². The first-order valence-corrected chi connectivity index (χ1v) is 15.3. The molecule has 2 heterocycles. The van der Waals surface area contributed by atoms with Gasteiger partial charge in [0, 0.05) is 35.3 Å². The number of benzene rings is 3. The Labute approximate surface area is 271 Å². The number of nitriles is 1. The minimum Gasteiger partial charge on any atom is -0.495 e. The van der Waals surface area contributed by atoms with Gasteiger partial charge >= 0.3 is 0 Å². The van der Waals surface area contributed by atoms with Crippen molar-refractivity contribution >= 4 is 35.1 Å². The van der Waals surface area contributed by atoms with Gasteiger partial charge in [-0.25, -0.2) is 8.78 Å². The van der Waals surface area contributed by atoms with E-state index in [4.69, 9.17) is 4.74 Å². The molecule has 0 spiro atoms. The molecule has 0 bridgehead atoms. The molecular weight excluding hydrogens is 636 g/mol. The molecule has 1 N–H and O–H groups in total. The molecule has 1 aromatic heterocycles. The van der Waals surface area contributed by atoms with Crippen LogP contribution in [-0.4, -0.2) is 64.3 Å². The molecule has 3 aromatic carbocycles. The number of methoxy groups -OCH3 is 1. The number of carbonyl (C=O) groups is 2. The number of ether oxygens (including phenoxy) is 1. The van der Waals surface area contributed by atoms with E-state index in [1.165, 1.54) is 89.6 Å². The first-order valence-electron chi connectivity index (χ1n) is 14.5. The molecule has 6 rings (SSSR count). The molecular formula is C33H28F4N6O3S. The number of nitrogens with zero attached hydrogens (tertiary/aromatic N) is 5. The van der Waals surface area contributed by atoms with E-state index in [0.717, 1.165) is 11.9 Å². The van der Waals surface area contributed by atoms with Crippen LogP contribution in [0.2, 0.25) is 0 Å². The number of halogens is 4. The van der Waals surface area contributed by atoms with E-state index < -0.39 is 35.0 Å². The second-order valence-corrected chi connectivity index (χ2v) is 12.7. The van der Waals surface area contributed by atoms with E-state index in [1.54, 1.807) is 17.4 Å². The van der Waals surface area contributed by atoms with Crippen molar-refractivity contribution in [1.29, 1.82) is 5.26 Å². The number of hydrogen-bond acceptors (Lipinski definition) is 7. The molecule has 1 fully saturated rings. The van der Waals surface area contributed by atoms with E-state index in [2.05, 4.69) is 10.4 Å². The van der Waals surface area contributed by atoms with Crippen LogP contribution in [0.15, 0.2) is 79.0 Å². The monoisotopic (exact) mass is 664 g/mol. The Hall–Kier alpha value is -4.87. The number of aromatic nitrogens is 2. The third kappa shape index (κ3) is 6.28. The van der Waals surface area contributed by atoms with Crippen LogP contribution < -0.4 is 15.0 Å². The Morgan fingerprint density at radius 1 is 1.15 bits per heavy atom. The fourth-order valence-electron chi connectivity index (χ4n) is 5.46. The molecule has 4 aromatic rings. The molecule has 1 aliphatic carbocycles. The van der Waals surface area contributed by atoms with Gasteiger partial charge in [0.25, 0.3) is 23.7 Å². The summed E-state index contributed by atoms with van der Waals surface area (Å²) in [5, 5.41) is 15.7. The van der Waals surface area contributed by atoms with Crippen molar-refractivity contribution in [3.63, 3.8) is 0 Å². The van der Waals surface area contributed by atoms with Gasteiger partial charge in [0.15, 0.2) is 5.69 Å². The Morgan fingerprint density at radius 3 is 2.47 bits per heavy atom. The van der Waals surface area contributed by atoms with Gasteiger partial charge in [-0.15, -0.1) is 0 Å². The molecule has 0 saturated heterocycles. The smallest absolute Gasteiger partial charge is 0.298 e. The maximum Gasteiger partial charge on any atom is 0.298 e. The largest absolute Gasteiger partial charge is 0.495 e. The predicted octanol–water partition coefficient (Wildman–Crippen LogP) is 6.34. The number of rotatable bonds is 10. The number of anilines is 2. The van der Waals surface area contributed by atoms with Crippen LogP contribution in [0.4, 0.5) is 28.9 Å². The van der Waals surface area contributed by atoms with Gasteiger partial charge in [-0.3, -0.25) is 18.6 Å². The van der Waals surface area contributed by atoms with E-state index in [-0.39, 0.29) is 53.1 Å². The van der Waals surface area contributed by atoms with Crippen molar-refractivity contribution in [2.24, 2.45) is 0 Å². The average Bonchev–Trinajstić information content (AvgIpc) is 3.44. The number of carbonyl (C=O) groups excluding carboxylic acids is 2. The van der Waals surface area contributed by atoms with E-state index in [9.17, 15) is 23.6 Å². The van der Waals surface area contributed by atoms with Crippen molar-refractivity contribution in [2.45, 2.75) is 29.6 Å². The van der Waals surface area contributed by atoms with E-state index in [0.29, 0.717) is 11.4 Å². The summed E-state index contributed by atoms with van der Waals surface area (Å²) in [6.07, 6.45) is 1.10. The lowest BCUT2D eigenvalue weighted by atomic mass is 10.00. The minimum atomic E-state index is -3.28. The first kappa shape index (κ1) is 32.1. The minimum absolute atomic E-state index is 0.0254. The predicted molar refractivity (Wildman–Crippen MR) is 168 cm³/mol. The summed E-state index contributed by atoms with van der Waals surface area (Å²) in [6.45, 7) is 0.266. The van der Waals surface area contributed by atoms with Crippen LogP contribution in [0.25, 0.3) is 0 Å². The van der Waals surface area contributed by atoms with Gasteiger partial charge in [0.1, 0.15) is 11.8 Å².